The van der Waals surface area contributed by atoms with E-state index in [2.05, 4.69) is 5.10 Å². The fraction of sp³-hybridized carbons (Fsp3) is 0.214. The monoisotopic (exact) mass is 307 g/mol. The maximum absolute atomic E-state index is 13.6. The van der Waals surface area contributed by atoms with Gasteiger partial charge in [0.15, 0.2) is 0 Å². The highest BCUT2D eigenvalue weighted by molar-refractivity contribution is 6.52. The number of halogens is 2. The molecule has 1 aliphatic heterocycles. The third-order valence-corrected chi connectivity index (χ3v) is 3.72. The Hall–Kier alpha value is -2.21. The number of rotatable bonds is 2. The molecule has 0 spiro atoms. The van der Waals surface area contributed by atoms with Gasteiger partial charge in [0.25, 0.3) is 11.7 Å². The molecule has 1 amide bonds. The fourth-order valence-corrected chi connectivity index (χ4v) is 2.58. The van der Waals surface area contributed by atoms with Crippen molar-refractivity contribution in [1.82, 2.24) is 9.78 Å². The second-order valence-corrected chi connectivity index (χ2v) is 5.31. The molecule has 2 heterocycles. The molecular formula is C14H11ClFN3O2. The number of carbonyl (C=O) groups excluding carboxylic acids is 2. The minimum absolute atomic E-state index is 0.130. The summed E-state index contributed by atoms with van der Waals surface area (Å²) in [7, 11) is 1.74. The van der Waals surface area contributed by atoms with Crippen molar-refractivity contribution in [3.05, 3.63) is 46.0 Å². The van der Waals surface area contributed by atoms with E-state index in [9.17, 15) is 14.0 Å². The first-order valence-electron chi connectivity index (χ1n) is 6.23. The fourth-order valence-electron chi connectivity index (χ4n) is 2.42. The zero-order valence-corrected chi connectivity index (χ0v) is 12.1. The first-order valence-corrected chi connectivity index (χ1v) is 6.61. The molecule has 0 saturated heterocycles. The van der Waals surface area contributed by atoms with E-state index in [1.165, 1.54) is 11.0 Å². The van der Waals surface area contributed by atoms with Gasteiger partial charge in [-0.2, -0.15) is 5.10 Å². The second kappa shape index (κ2) is 4.66. The van der Waals surface area contributed by atoms with Crippen molar-refractivity contribution in [2.24, 2.45) is 7.05 Å². The van der Waals surface area contributed by atoms with Gasteiger partial charge >= 0.3 is 0 Å². The van der Waals surface area contributed by atoms with Crippen molar-refractivity contribution >= 4 is 29.0 Å². The summed E-state index contributed by atoms with van der Waals surface area (Å²) in [6.45, 7) is 1.98. The highest BCUT2D eigenvalue weighted by Gasteiger charge is 2.37. The van der Waals surface area contributed by atoms with Crippen molar-refractivity contribution in [3.63, 3.8) is 0 Å². The van der Waals surface area contributed by atoms with Crippen LogP contribution < -0.4 is 4.90 Å². The van der Waals surface area contributed by atoms with E-state index < -0.39 is 17.5 Å². The predicted molar refractivity (Wildman–Crippen MR) is 74.9 cm³/mol. The standard InChI is InChI=1S/C14H11ClFN3O2/c1-7-3-8(18(2)17-7)6-19-12-5-11(16)10(15)4-9(12)13(20)14(19)21/h3-5H,6H2,1-2H3. The van der Waals surface area contributed by atoms with Gasteiger partial charge in [-0.1, -0.05) is 11.6 Å². The van der Waals surface area contributed by atoms with E-state index in [0.29, 0.717) is 0 Å². The maximum Gasteiger partial charge on any atom is 0.299 e. The van der Waals surface area contributed by atoms with Crippen LogP contribution in [0.2, 0.25) is 5.02 Å². The van der Waals surface area contributed by atoms with Gasteiger partial charge in [0.2, 0.25) is 0 Å². The zero-order chi connectivity index (χ0) is 15.3. The number of carbonyl (C=O) groups is 2. The Balaban J connectivity index is 2.05. The molecule has 1 aliphatic rings. The molecule has 0 N–H and O–H groups in total. The molecule has 0 bridgehead atoms. The van der Waals surface area contributed by atoms with Gasteiger partial charge in [0.05, 0.1) is 34.2 Å². The number of anilines is 1. The Morgan fingerprint density at radius 2 is 2.00 bits per heavy atom. The van der Waals surface area contributed by atoms with E-state index in [1.54, 1.807) is 11.7 Å². The molecule has 0 radical (unpaired) electrons. The molecule has 3 rings (SSSR count). The average Bonchev–Trinajstić information content (AvgIpc) is 2.84. The Morgan fingerprint density at radius 3 is 2.62 bits per heavy atom. The summed E-state index contributed by atoms with van der Waals surface area (Å²) in [6, 6.07) is 4.12. The minimum Gasteiger partial charge on any atom is -0.299 e. The number of fused-ring (bicyclic) bond motifs is 1. The van der Waals surface area contributed by atoms with Crippen molar-refractivity contribution in [2.45, 2.75) is 13.5 Å². The van der Waals surface area contributed by atoms with Crippen LogP contribution in [0.3, 0.4) is 0 Å². The van der Waals surface area contributed by atoms with Gasteiger partial charge in [-0.25, -0.2) is 4.39 Å². The lowest BCUT2D eigenvalue weighted by atomic mass is 10.1. The molecule has 1 aromatic heterocycles. The number of hydrogen-bond donors (Lipinski definition) is 0. The van der Waals surface area contributed by atoms with Crippen molar-refractivity contribution < 1.29 is 14.0 Å². The van der Waals surface area contributed by atoms with E-state index in [-0.39, 0.29) is 22.8 Å². The summed E-state index contributed by atoms with van der Waals surface area (Å²) in [5.74, 6) is -2.03. The van der Waals surface area contributed by atoms with E-state index >= 15 is 0 Å². The quantitative estimate of drug-likeness (QED) is 0.800. The number of aryl methyl sites for hydroxylation is 2. The molecule has 0 unspecified atom stereocenters. The summed E-state index contributed by atoms with van der Waals surface area (Å²) in [5.41, 5.74) is 1.92. The third kappa shape index (κ3) is 2.12. The first kappa shape index (κ1) is 13.8. The van der Waals surface area contributed by atoms with Crippen LogP contribution in [0.25, 0.3) is 0 Å². The lowest BCUT2D eigenvalue weighted by Gasteiger charge is -2.16. The van der Waals surface area contributed by atoms with Gasteiger partial charge in [0, 0.05) is 7.05 Å². The van der Waals surface area contributed by atoms with E-state index in [1.807, 2.05) is 13.0 Å². The number of nitrogens with zero attached hydrogens (tertiary/aromatic N) is 3. The highest BCUT2D eigenvalue weighted by atomic mass is 35.5. The van der Waals surface area contributed by atoms with Gasteiger partial charge in [0.1, 0.15) is 5.82 Å². The normalized spacial score (nSPS) is 14.0. The van der Waals surface area contributed by atoms with Crippen LogP contribution in [0.1, 0.15) is 21.7 Å². The van der Waals surface area contributed by atoms with E-state index in [4.69, 9.17) is 11.6 Å². The largest absolute Gasteiger partial charge is 0.299 e. The smallest absolute Gasteiger partial charge is 0.299 e. The van der Waals surface area contributed by atoms with Crippen LogP contribution in [0.15, 0.2) is 18.2 Å². The van der Waals surface area contributed by atoms with Gasteiger partial charge in [-0.05, 0) is 25.1 Å². The molecule has 0 saturated carbocycles. The van der Waals surface area contributed by atoms with Crippen LogP contribution in [-0.2, 0) is 18.4 Å². The Morgan fingerprint density at radius 1 is 1.29 bits per heavy atom. The number of benzene rings is 1. The van der Waals surface area contributed by atoms with E-state index in [0.717, 1.165) is 17.5 Å². The molecule has 0 atom stereocenters. The van der Waals surface area contributed by atoms with Crippen LogP contribution in [0.5, 0.6) is 0 Å². The maximum atomic E-state index is 13.6. The van der Waals surface area contributed by atoms with Crippen molar-refractivity contribution in [1.29, 1.82) is 0 Å². The third-order valence-electron chi connectivity index (χ3n) is 3.43. The number of ketones is 1. The number of amides is 1. The topological polar surface area (TPSA) is 55.2 Å². The lowest BCUT2D eigenvalue weighted by molar-refractivity contribution is -0.114. The first-order chi connectivity index (χ1) is 9.88. The summed E-state index contributed by atoms with van der Waals surface area (Å²) >= 11 is 5.67. The minimum atomic E-state index is -0.689. The van der Waals surface area contributed by atoms with Crippen molar-refractivity contribution in [3.8, 4) is 0 Å². The van der Waals surface area contributed by atoms with Crippen LogP contribution in [0.4, 0.5) is 10.1 Å². The second-order valence-electron chi connectivity index (χ2n) is 4.90. The molecule has 0 fully saturated rings. The SMILES string of the molecule is Cc1cc(CN2C(=O)C(=O)c3cc(Cl)c(F)cc32)n(C)n1. The lowest BCUT2D eigenvalue weighted by Crippen LogP contribution is -2.30. The summed E-state index contributed by atoms with van der Waals surface area (Å²) in [5, 5.41) is 4.01. The highest BCUT2D eigenvalue weighted by Crippen LogP contribution is 2.34. The zero-order valence-electron chi connectivity index (χ0n) is 11.4. The molecular weight excluding hydrogens is 297 g/mol. The Labute approximate surface area is 124 Å². The Bertz CT molecular complexity index is 785. The van der Waals surface area contributed by atoms with Crippen LogP contribution in [-0.4, -0.2) is 21.5 Å². The summed E-state index contributed by atoms with van der Waals surface area (Å²) < 4.78 is 15.2. The molecule has 21 heavy (non-hydrogen) atoms. The van der Waals surface area contributed by atoms with Crippen LogP contribution >= 0.6 is 11.6 Å². The van der Waals surface area contributed by atoms with Gasteiger partial charge in [-0.15, -0.1) is 0 Å². The molecule has 1 aromatic carbocycles. The van der Waals surface area contributed by atoms with Gasteiger partial charge < -0.3 is 0 Å². The summed E-state index contributed by atoms with van der Waals surface area (Å²) in [6.07, 6.45) is 0. The summed E-state index contributed by atoms with van der Waals surface area (Å²) in [4.78, 5) is 25.3. The molecule has 2 aromatic rings. The molecule has 5 nitrogen and oxygen atoms in total. The van der Waals surface area contributed by atoms with Crippen molar-refractivity contribution in [2.75, 3.05) is 4.90 Å². The molecule has 7 heteroatoms. The number of aromatic nitrogens is 2. The molecule has 0 aliphatic carbocycles. The average molecular weight is 308 g/mol. The Kier molecular flexibility index (Phi) is 3.06. The number of Topliss-reactive ketones (excluding diaryl/α,β-unsaturated/α-hetero) is 1. The predicted octanol–water partition coefficient (Wildman–Crippen LogP) is 2.25. The van der Waals surface area contributed by atoms with Gasteiger partial charge in [-0.3, -0.25) is 19.2 Å². The molecule has 108 valence electrons. The van der Waals surface area contributed by atoms with Crippen LogP contribution in [0, 0.1) is 12.7 Å². The number of hydrogen-bond acceptors (Lipinski definition) is 3.